The highest BCUT2D eigenvalue weighted by molar-refractivity contribution is 9.10. The lowest BCUT2D eigenvalue weighted by Gasteiger charge is -2.04. The highest BCUT2D eigenvalue weighted by atomic mass is 79.9. The van der Waals surface area contributed by atoms with Crippen LogP contribution in [-0.2, 0) is 0 Å². The molecule has 0 saturated carbocycles. The first-order valence-corrected chi connectivity index (χ1v) is 4.23. The maximum atomic E-state index is 13.1. The van der Waals surface area contributed by atoms with Gasteiger partial charge in [0.05, 0.1) is 10.2 Å². The lowest BCUT2D eigenvalue weighted by atomic mass is 10.3. The molecule has 0 unspecified atom stereocenters. The van der Waals surface area contributed by atoms with Crippen molar-refractivity contribution in [2.45, 2.75) is 6.92 Å². The van der Waals surface area contributed by atoms with Crippen LogP contribution in [0.25, 0.3) is 0 Å². The Hall–Kier alpha value is -0.570. The Morgan fingerprint density at radius 3 is 2.91 bits per heavy atom. The van der Waals surface area contributed by atoms with Crippen molar-refractivity contribution in [3.63, 3.8) is 0 Å². The van der Waals surface area contributed by atoms with Gasteiger partial charge in [0, 0.05) is 6.54 Å². The maximum Gasteiger partial charge on any atom is 0.160 e. The van der Waals surface area contributed by atoms with Crippen molar-refractivity contribution in [1.29, 1.82) is 0 Å². The Labute approximate surface area is 73.7 Å². The van der Waals surface area contributed by atoms with Gasteiger partial charge < -0.3 is 5.32 Å². The third-order valence-corrected chi connectivity index (χ3v) is 1.93. The molecule has 0 spiro atoms. The summed E-state index contributed by atoms with van der Waals surface area (Å²) in [5.74, 6) is -0.227. The molecule has 0 bridgehead atoms. The highest BCUT2D eigenvalue weighted by Crippen LogP contribution is 2.21. The van der Waals surface area contributed by atoms with Gasteiger partial charge in [0.25, 0.3) is 0 Å². The second-order valence-corrected chi connectivity index (χ2v) is 2.99. The molecule has 1 N–H and O–H groups in total. The second-order valence-electron chi connectivity index (χ2n) is 2.13. The fraction of sp³-hybridized carbons (Fsp3) is 0.250. The number of hydrogen-bond donors (Lipinski definition) is 1. The van der Waals surface area contributed by atoms with Crippen molar-refractivity contribution in [2.24, 2.45) is 0 Å². The van der Waals surface area contributed by atoms with E-state index in [1.165, 1.54) is 0 Å². The molecule has 60 valence electrons. The Morgan fingerprint density at radius 1 is 1.55 bits per heavy atom. The third kappa shape index (κ3) is 1.93. The van der Waals surface area contributed by atoms with Gasteiger partial charge in [-0.25, -0.2) is 4.39 Å². The normalized spacial score (nSPS) is 9.73. The van der Waals surface area contributed by atoms with Crippen LogP contribution >= 0.6 is 15.9 Å². The van der Waals surface area contributed by atoms with Crippen LogP contribution in [0, 0.1) is 5.82 Å². The molecule has 1 aromatic carbocycles. The van der Waals surface area contributed by atoms with Crippen molar-refractivity contribution in [1.82, 2.24) is 0 Å². The van der Waals surface area contributed by atoms with E-state index in [1.54, 1.807) is 18.2 Å². The summed E-state index contributed by atoms with van der Waals surface area (Å²) in [6.45, 7) is 2.66. The fourth-order valence-electron chi connectivity index (χ4n) is 0.831. The van der Waals surface area contributed by atoms with Crippen LogP contribution < -0.4 is 5.32 Å². The average molecular weight is 218 g/mol. The number of hydrogen-bond acceptors (Lipinski definition) is 1. The van der Waals surface area contributed by atoms with E-state index < -0.39 is 0 Å². The molecule has 1 rings (SSSR count). The summed E-state index contributed by atoms with van der Waals surface area (Å²) in [4.78, 5) is 0. The zero-order chi connectivity index (χ0) is 8.27. The summed E-state index contributed by atoms with van der Waals surface area (Å²) < 4.78 is 13.6. The van der Waals surface area contributed by atoms with E-state index in [1.807, 2.05) is 6.92 Å². The van der Waals surface area contributed by atoms with Crippen molar-refractivity contribution >= 4 is 21.6 Å². The van der Waals surface area contributed by atoms with Crippen molar-refractivity contribution in [3.8, 4) is 0 Å². The standard InChI is InChI=1S/C8H9BrFN/c1-2-11-7-5-3-4-6(9)8(7)10/h3-5,11H,2H2,1H3. The zero-order valence-corrected chi connectivity index (χ0v) is 7.78. The predicted octanol–water partition coefficient (Wildman–Crippen LogP) is 3.02. The summed E-state index contributed by atoms with van der Waals surface area (Å²) in [7, 11) is 0. The number of nitrogens with one attached hydrogen (secondary N) is 1. The summed E-state index contributed by atoms with van der Waals surface area (Å²) in [6, 6.07) is 5.19. The Morgan fingerprint density at radius 2 is 2.27 bits per heavy atom. The Balaban J connectivity index is 2.96. The van der Waals surface area contributed by atoms with Crippen LogP contribution in [0.2, 0.25) is 0 Å². The van der Waals surface area contributed by atoms with Gasteiger partial charge in [0.15, 0.2) is 5.82 Å². The zero-order valence-electron chi connectivity index (χ0n) is 6.20. The van der Waals surface area contributed by atoms with Crippen molar-refractivity contribution in [2.75, 3.05) is 11.9 Å². The molecule has 0 atom stereocenters. The van der Waals surface area contributed by atoms with Crippen LogP contribution in [0.15, 0.2) is 22.7 Å². The third-order valence-electron chi connectivity index (χ3n) is 1.32. The van der Waals surface area contributed by atoms with Gasteiger partial charge in [0.2, 0.25) is 0 Å². The first-order valence-electron chi connectivity index (χ1n) is 3.43. The molecule has 11 heavy (non-hydrogen) atoms. The molecule has 0 fully saturated rings. The minimum Gasteiger partial charge on any atom is -0.383 e. The molecule has 0 aliphatic heterocycles. The second kappa shape index (κ2) is 3.72. The van der Waals surface area contributed by atoms with E-state index in [-0.39, 0.29) is 5.82 Å². The van der Waals surface area contributed by atoms with Gasteiger partial charge in [-0.05, 0) is 35.0 Å². The molecule has 0 aliphatic carbocycles. The monoisotopic (exact) mass is 217 g/mol. The summed E-state index contributed by atoms with van der Waals surface area (Å²) in [6.07, 6.45) is 0. The molecule has 0 heterocycles. The first-order chi connectivity index (χ1) is 5.25. The van der Waals surface area contributed by atoms with Crippen LogP contribution in [0.4, 0.5) is 10.1 Å². The van der Waals surface area contributed by atoms with Crippen LogP contribution in [0.5, 0.6) is 0 Å². The van der Waals surface area contributed by atoms with Gasteiger partial charge in [-0.1, -0.05) is 6.07 Å². The average Bonchev–Trinajstić information content (AvgIpc) is 1.99. The van der Waals surface area contributed by atoms with Crippen LogP contribution in [0.1, 0.15) is 6.92 Å². The molecule has 3 heteroatoms. The lowest BCUT2D eigenvalue weighted by molar-refractivity contribution is 0.624. The molecule has 0 aromatic heterocycles. The summed E-state index contributed by atoms with van der Waals surface area (Å²) in [5.41, 5.74) is 0.543. The number of rotatable bonds is 2. The largest absolute Gasteiger partial charge is 0.383 e. The van der Waals surface area contributed by atoms with E-state index >= 15 is 0 Å². The van der Waals surface area contributed by atoms with Gasteiger partial charge in [0.1, 0.15) is 0 Å². The molecule has 0 aliphatic rings. The molecule has 1 aromatic rings. The van der Waals surface area contributed by atoms with Gasteiger partial charge in [-0.3, -0.25) is 0 Å². The van der Waals surface area contributed by atoms with Gasteiger partial charge in [-0.2, -0.15) is 0 Å². The summed E-state index contributed by atoms with van der Waals surface area (Å²) >= 11 is 3.10. The number of anilines is 1. The Bertz CT molecular complexity index is 250. The lowest BCUT2D eigenvalue weighted by Crippen LogP contribution is -1.98. The Kier molecular flexibility index (Phi) is 2.88. The van der Waals surface area contributed by atoms with E-state index in [9.17, 15) is 4.39 Å². The number of halogens is 2. The van der Waals surface area contributed by atoms with E-state index in [0.717, 1.165) is 6.54 Å². The molecular formula is C8H9BrFN. The minimum absolute atomic E-state index is 0.227. The van der Waals surface area contributed by atoms with Crippen LogP contribution in [-0.4, -0.2) is 6.54 Å². The fourth-order valence-corrected chi connectivity index (χ4v) is 1.20. The van der Waals surface area contributed by atoms with Crippen molar-refractivity contribution < 1.29 is 4.39 Å². The van der Waals surface area contributed by atoms with Gasteiger partial charge >= 0.3 is 0 Å². The van der Waals surface area contributed by atoms with Crippen LogP contribution in [0.3, 0.4) is 0 Å². The van der Waals surface area contributed by atoms with E-state index in [4.69, 9.17) is 0 Å². The molecule has 0 radical (unpaired) electrons. The first kappa shape index (κ1) is 8.53. The minimum atomic E-state index is -0.227. The molecular weight excluding hydrogens is 209 g/mol. The van der Waals surface area contributed by atoms with Crippen molar-refractivity contribution in [3.05, 3.63) is 28.5 Å². The highest BCUT2D eigenvalue weighted by Gasteiger charge is 2.02. The molecule has 0 amide bonds. The number of benzene rings is 1. The molecule has 1 nitrogen and oxygen atoms in total. The van der Waals surface area contributed by atoms with E-state index in [0.29, 0.717) is 10.2 Å². The predicted molar refractivity (Wildman–Crippen MR) is 48.3 cm³/mol. The maximum absolute atomic E-state index is 13.1. The molecule has 0 saturated heterocycles. The van der Waals surface area contributed by atoms with Gasteiger partial charge in [-0.15, -0.1) is 0 Å². The smallest absolute Gasteiger partial charge is 0.160 e. The summed E-state index contributed by atoms with van der Waals surface area (Å²) in [5, 5.41) is 2.91. The van der Waals surface area contributed by atoms with E-state index in [2.05, 4.69) is 21.2 Å². The quantitative estimate of drug-likeness (QED) is 0.804. The SMILES string of the molecule is CCNc1cccc(Br)c1F. The topological polar surface area (TPSA) is 12.0 Å².